The molecule has 0 bridgehead atoms. The third kappa shape index (κ3) is 3.29. The first-order valence-electron chi connectivity index (χ1n) is 4.89. The Morgan fingerprint density at radius 3 is 2.65 bits per heavy atom. The lowest BCUT2D eigenvalue weighted by atomic mass is 10.2. The van der Waals surface area contributed by atoms with Gasteiger partial charge < -0.3 is 4.42 Å². The molecule has 0 unspecified atom stereocenters. The molecule has 17 heavy (non-hydrogen) atoms. The second kappa shape index (κ2) is 5.45. The number of hydrogen-bond acceptors (Lipinski definition) is 3. The summed E-state index contributed by atoms with van der Waals surface area (Å²) in [6.07, 6.45) is 1.57. The Hall–Kier alpha value is -1.88. The van der Waals surface area contributed by atoms with E-state index in [1.54, 1.807) is 18.3 Å². The summed E-state index contributed by atoms with van der Waals surface area (Å²) in [5, 5.41) is 3.83. The summed E-state index contributed by atoms with van der Waals surface area (Å²) in [6.45, 7) is 0. The predicted molar refractivity (Wildman–Crippen MR) is 67.9 cm³/mol. The molecular formula is C12H9BrN2O2. The third-order valence-electron chi connectivity index (χ3n) is 1.98. The Morgan fingerprint density at radius 2 is 2.00 bits per heavy atom. The van der Waals surface area contributed by atoms with Gasteiger partial charge in [-0.15, -0.1) is 0 Å². The lowest BCUT2D eigenvalue weighted by Gasteiger charge is -1.95. The number of carbonyl (C=O) groups excluding carboxylic acids is 1. The highest BCUT2D eigenvalue weighted by Crippen LogP contribution is 2.13. The molecule has 1 aromatic heterocycles. The molecule has 4 nitrogen and oxygen atoms in total. The maximum Gasteiger partial charge on any atom is 0.307 e. The van der Waals surface area contributed by atoms with Crippen LogP contribution < -0.4 is 5.43 Å². The zero-order chi connectivity index (χ0) is 12.1. The number of nitrogens with one attached hydrogen (secondary N) is 1. The molecule has 2 aromatic rings. The summed E-state index contributed by atoms with van der Waals surface area (Å²) in [4.78, 5) is 11.5. The van der Waals surface area contributed by atoms with Gasteiger partial charge in [0.2, 0.25) is 0 Å². The van der Waals surface area contributed by atoms with Gasteiger partial charge in [-0.05, 0) is 33.6 Å². The van der Waals surface area contributed by atoms with Crippen molar-refractivity contribution >= 4 is 28.1 Å². The van der Waals surface area contributed by atoms with Crippen LogP contribution in [0.3, 0.4) is 0 Å². The number of carbonyl (C=O) groups is 1. The first-order valence-corrected chi connectivity index (χ1v) is 5.69. The average Bonchev–Trinajstić information content (AvgIpc) is 2.77. The number of amides is 1. The van der Waals surface area contributed by atoms with Crippen LogP contribution in [0.5, 0.6) is 0 Å². The third-order valence-corrected chi connectivity index (χ3v) is 2.40. The average molecular weight is 293 g/mol. The number of halogens is 1. The van der Waals surface area contributed by atoms with Crippen LogP contribution in [0.2, 0.25) is 0 Å². The van der Waals surface area contributed by atoms with Crippen molar-refractivity contribution in [3.8, 4) is 0 Å². The summed E-state index contributed by atoms with van der Waals surface area (Å²) in [6, 6.07) is 12.7. The molecule has 0 aliphatic carbocycles. The topological polar surface area (TPSA) is 54.6 Å². The molecule has 5 heteroatoms. The Labute approximate surface area is 106 Å². The zero-order valence-corrected chi connectivity index (χ0v) is 10.3. The van der Waals surface area contributed by atoms with E-state index in [0.29, 0.717) is 4.67 Å². The van der Waals surface area contributed by atoms with Crippen molar-refractivity contribution < 1.29 is 9.21 Å². The molecule has 0 aliphatic heterocycles. The van der Waals surface area contributed by atoms with Crippen LogP contribution in [0.25, 0.3) is 0 Å². The molecule has 1 amide bonds. The number of benzene rings is 1. The van der Waals surface area contributed by atoms with Gasteiger partial charge in [-0.3, -0.25) is 4.79 Å². The second-order valence-corrected chi connectivity index (χ2v) is 4.00. The summed E-state index contributed by atoms with van der Waals surface area (Å²) < 4.78 is 5.59. The van der Waals surface area contributed by atoms with Crippen molar-refractivity contribution in [3.05, 3.63) is 58.5 Å². The van der Waals surface area contributed by atoms with Gasteiger partial charge in [0.1, 0.15) is 0 Å². The van der Waals surface area contributed by atoms with Gasteiger partial charge in [-0.2, -0.15) is 5.10 Å². The first kappa shape index (κ1) is 11.6. The van der Waals surface area contributed by atoms with E-state index in [1.165, 1.54) is 0 Å². The molecule has 0 fully saturated rings. The Bertz CT molecular complexity index is 534. The highest BCUT2D eigenvalue weighted by molar-refractivity contribution is 9.10. The summed E-state index contributed by atoms with van der Waals surface area (Å²) >= 11 is 3.12. The molecule has 0 spiro atoms. The van der Waals surface area contributed by atoms with Crippen molar-refractivity contribution in [1.29, 1.82) is 0 Å². The van der Waals surface area contributed by atoms with E-state index in [2.05, 4.69) is 26.5 Å². The van der Waals surface area contributed by atoms with Crippen LogP contribution in [-0.2, 0) is 0 Å². The molecule has 86 valence electrons. The standard InChI is InChI=1S/C12H9BrN2O2/c13-11-7-6-10(17-11)12(16)15-14-8-9-4-2-1-3-5-9/h1-8H,(H,15,16)/b14-8+. The van der Waals surface area contributed by atoms with Crippen LogP contribution in [0.15, 0.2) is 56.7 Å². The molecule has 0 radical (unpaired) electrons. The fraction of sp³-hybridized carbons (Fsp3) is 0. The summed E-state index contributed by atoms with van der Waals surface area (Å²) in [7, 11) is 0. The normalized spacial score (nSPS) is 10.6. The molecule has 0 saturated carbocycles. The molecule has 0 atom stereocenters. The Morgan fingerprint density at radius 1 is 1.24 bits per heavy atom. The number of rotatable bonds is 3. The highest BCUT2D eigenvalue weighted by atomic mass is 79.9. The lowest BCUT2D eigenvalue weighted by molar-refractivity contribution is 0.0926. The number of hydrazone groups is 1. The van der Waals surface area contributed by atoms with Crippen molar-refractivity contribution in [2.24, 2.45) is 5.10 Å². The van der Waals surface area contributed by atoms with Crippen LogP contribution in [-0.4, -0.2) is 12.1 Å². The second-order valence-electron chi connectivity index (χ2n) is 3.21. The van der Waals surface area contributed by atoms with Gasteiger partial charge in [0.05, 0.1) is 6.21 Å². The van der Waals surface area contributed by atoms with Gasteiger partial charge in [0.15, 0.2) is 10.4 Å². The van der Waals surface area contributed by atoms with Crippen LogP contribution in [0.4, 0.5) is 0 Å². The van der Waals surface area contributed by atoms with Gasteiger partial charge in [-0.1, -0.05) is 30.3 Å². The molecular weight excluding hydrogens is 284 g/mol. The van der Waals surface area contributed by atoms with E-state index in [-0.39, 0.29) is 11.7 Å². The van der Waals surface area contributed by atoms with Gasteiger partial charge >= 0.3 is 5.91 Å². The van der Waals surface area contributed by atoms with Crippen molar-refractivity contribution in [2.45, 2.75) is 0 Å². The Balaban J connectivity index is 1.95. The fourth-order valence-electron chi connectivity index (χ4n) is 1.20. The minimum absolute atomic E-state index is 0.210. The molecule has 0 aliphatic rings. The lowest BCUT2D eigenvalue weighted by Crippen LogP contribution is -2.16. The van der Waals surface area contributed by atoms with Gasteiger partial charge in [-0.25, -0.2) is 5.43 Å². The minimum Gasteiger partial charge on any atom is -0.444 e. The maximum atomic E-state index is 11.5. The number of hydrogen-bond donors (Lipinski definition) is 1. The molecule has 1 aromatic carbocycles. The monoisotopic (exact) mass is 292 g/mol. The van der Waals surface area contributed by atoms with Crippen molar-refractivity contribution in [1.82, 2.24) is 5.43 Å². The summed E-state index contributed by atoms with van der Waals surface area (Å²) in [5.41, 5.74) is 3.29. The van der Waals surface area contributed by atoms with Crippen molar-refractivity contribution in [3.63, 3.8) is 0 Å². The van der Waals surface area contributed by atoms with Gasteiger partial charge in [0, 0.05) is 0 Å². The smallest absolute Gasteiger partial charge is 0.307 e. The maximum absolute atomic E-state index is 11.5. The number of furan rings is 1. The van der Waals surface area contributed by atoms with E-state index in [0.717, 1.165) is 5.56 Å². The van der Waals surface area contributed by atoms with Crippen LogP contribution in [0, 0.1) is 0 Å². The van der Waals surface area contributed by atoms with Crippen LogP contribution >= 0.6 is 15.9 Å². The minimum atomic E-state index is -0.386. The van der Waals surface area contributed by atoms with E-state index in [1.807, 2.05) is 30.3 Å². The van der Waals surface area contributed by atoms with E-state index < -0.39 is 0 Å². The van der Waals surface area contributed by atoms with E-state index >= 15 is 0 Å². The predicted octanol–water partition coefficient (Wildman–Crippen LogP) is 2.81. The zero-order valence-electron chi connectivity index (χ0n) is 8.76. The molecule has 2 rings (SSSR count). The summed E-state index contributed by atoms with van der Waals surface area (Å²) in [5.74, 6) is -0.176. The highest BCUT2D eigenvalue weighted by Gasteiger charge is 2.08. The van der Waals surface area contributed by atoms with Gasteiger partial charge in [0.25, 0.3) is 0 Å². The quantitative estimate of drug-likeness (QED) is 0.699. The molecule has 1 heterocycles. The first-order chi connectivity index (χ1) is 8.25. The van der Waals surface area contributed by atoms with Crippen molar-refractivity contribution in [2.75, 3.05) is 0 Å². The SMILES string of the molecule is O=C(N/N=C/c1ccccc1)c1ccc(Br)o1. The van der Waals surface area contributed by atoms with E-state index in [4.69, 9.17) is 4.42 Å². The fourth-order valence-corrected chi connectivity index (χ4v) is 1.50. The number of nitrogens with zero attached hydrogens (tertiary/aromatic N) is 1. The molecule has 0 saturated heterocycles. The van der Waals surface area contributed by atoms with E-state index in [9.17, 15) is 4.79 Å². The largest absolute Gasteiger partial charge is 0.444 e. The molecule has 1 N–H and O–H groups in total. The van der Waals surface area contributed by atoms with Crippen LogP contribution in [0.1, 0.15) is 16.1 Å². The Kier molecular flexibility index (Phi) is 3.72.